The molecule has 0 unspecified atom stereocenters. The first-order valence-corrected chi connectivity index (χ1v) is 9.44. The van der Waals surface area contributed by atoms with Gasteiger partial charge in [-0.1, -0.05) is 45.6 Å². The summed E-state index contributed by atoms with van der Waals surface area (Å²) in [7, 11) is 0. The Hall–Kier alpha value is -1.40. The third kappa shape index (κ3) is 10.9. The van der Waals surface area contributed by atoms with Gasteiger partial charge >= 0.3 is 11.9 Å². The predicted octanol–water partition coefficient (Wildman–Crippen LogP) is 2.71. The van der Waals surface area contributed by atoms with Gasteiger partial charge in [-0.25, -0.2) is 4.79 Å². The number of nitrogens with zero attached hydrogens (tertiary/aromatic N) is 1. The molecular formula is C19H33NO5. The highest BCUT2D eigenvalue weighted by atomic mass is 16.5. The van der Waals surface area contributed by atoms with E-state index in [0.717, 1.165) is 25.9 Å². The summed E-state index contributed by atoms with van der Waals surface area (Å²) in [6.45, 7) is 10.3. The van der Waals surface area contributed by atoms with Crippen LogP contribution in [0.1, 0.15) is 51.9 Å². The maximum absolute atomic E-state index is 11.8. The van der Waals surface area contributed by atoms with Crippen LogP contribution in [-0.2, 0) is 23.8 Å². The van der Waals surface area contributed by atoms with Gasteiger partial charge in [0.2, 0.25) is 0 Å². The molecule has 0 aromatic heterocycles. The molecule has 0 aromatic rings. The zero-order chi connectivity index (χ0) is 18.3. The van der Waals surface area contributed by atoms with Crippen LogP contribution in [-0.4, -0.2) is 62.9 Å². The second kappa shape index (κ2) is 13.8. The summed E-state index contributed by atoms with van der Waals surface area (Å²) >= 11 is 0. The molecule has 0 saturated carbocycles. The number of esters is 2. The van der Waals surface area contributed by atoms with Crippen LogP contribution in [0.2, 0.25) is 0 Å². The van der Waals surface area contributed by atoms with E-state index in [0.29, 0.717) is 33.0 Å². The fourth-order valence-corrected chi connectivity index (χ4v) is 2.56. The van der Waals surface area contributed by atoms with E-state index in [1.54, 1.807) is 0 Å². The standard InChI is InChI=1S/C19H33NO5/c1-3-4-5-6-7-8-12-24-18(21)16-17(2)19(22)25-15-11-20-9-13-23-14-10-20/h2-16H2,1H3. The van der Waals surface area contributed by atoms with E-state index in [4.69, 9.17) is 14.2 Å². The first kappa shape index (κ1) is 21.6. The molecule has 1 rings (SSSR count). The van der Waals surface area contributed by atoms with Crippen LogP contribution in [0.5, 0.6) is 0 Å². The van der Waals surface area contributed by atoms with Gasteiger partial charge in [0, 0.05) is 25.2 Å². The van der Waals surface area contributed by atoms with Crippen molar-refractivity contribution < 1.29 is 23.8 Å². The monoisotopic (exact) mass is 355 g/mol. The molecule has 0 N–H and O–H groups in total. The van der Waals surface area contributed by atoms with Crippen molar-refractivity contribution in [1.29, 1.82) is 0 Å². The molecule has 0 radical (unpaired) electrons. The largest absolute Gasteiger partial charge is 0.465 e. The van der Waals surface area contributed by atoms with Gasteiger partial charge < -0.3 is 14.2 Å². The maximum Gasteiger partial charge on any atom is 0.334 e. The van der Waals surface area contributed by atoms with Gasteiger partial charge in [0.1, 0.15) is 6.61 Å². The van der Waals surface area contributed by atoms with Gasteiger partial charge in [0.25, 0.3) is 0 Å². The van der Waals surface area contributed by atoms with Crippen molar-refractivity contribution in [2.75, 3.05) is 46.1 Å². The lowest BCUT2D eigenvalue weighted by atomic mass is 10.1. The normalized spacial score (nSPS) is 14.9. The lowest BCUT2D eigenvalue weighted by molar-refractivity contribution is -0.146. The quantitative estimate of drug-likeness (QED) is 0.287. The van der Waals surface area contributed by atoms with E-state index >= 15 is 0 Å². The van der Waals surface area contributed by atoms with Crippen molar-refractivity contribution in [3.8, 4) is 0 Å². The van der Waals surface area contributed by atoms with Crippen LogP contribution in [0, 0.1) is 0 Å². The molecule has 0 bridgehead atoms. The van der Waals surface area contributed by atoms with E-state index in [9.17, 15) is 9.59 Å². The van der Waals surface area contributed by atoms with Gasteiger partial charge in [-0.05, 0) is 6.42 Å². The summed E-state index contributed by atoms with van der Waals surface area (Å²) in [6.07, 6.45) is 6.72. The Kier molecular flexibility index (Phi) is 12.0. The van der Waals surface area contributed by atoms with Gasteiger partial charge in [-0.15, -0.1) is 0 Å². The molecule has 144 valence electrons. The fraction of sp³-hybridized carbons (Fsp3) is 0.789. The Morgan fingerprint density at radius 3 is 2.40 bits per heavy atom. The average Bonchev–Trinajstić information content (AvgIpc) is 2.61. The molecule has 1 heterocycles. The van der Waals surface area contributed by atoms with Crippen LogP contribution in [0.4, 0.5) is 0 Å². The molecule has 0 spiro atoms. The zero-order valence-corrected chi connectivity index (χ0v) is 15.6. The third-order valence-corrected chi connectivity index (χ3v) is 4.15. The molecule has 1 fully saturated rings. The number of hydrogen-bond donors (Lipinski definition) is 0. The summed E-state index contributed by atoms with van der Waals surface area (Å²) < 4.78 is 15.6. The number of ether oxygens (including phenoxy) is 3. The molecule has 6 heteroatoms. The molecule has 0 aromatic carbocycles. The van der Waals surface area contributed by atoms with E-state index in [1.165, 1.54) is 25.7 Å². The number of morpholine rings is 1. The molecule has 25 heavy (non-hydrogen) atoms. The lowest BCUT2D eigenvalue weighted by Crippen LogP contribution is -2.38. The summed E-state index contributed by atoms with van der Waals surface area (Å²) in [6, 6.07) is 0. The number of carbonyl (C=O) groups excluding carboxylic acids is 2. The van der Waals surface area contributed by atoms with E-state index in [-0.39, 0.29) is 12.0 Å². The van der Waals surface area contributed by atoms with E-state index < -0.39 is 11.9 Å². The van der Waals surface area contributed by atoms with E-state index in [1.807, 2.05) is 0 Å². The Morgan fingerprint density at radius 1 is 1.00 bits per heavy atom. The first-order valence-electron chi connectivity index (χ1n) is 9.44. The summed E-state index contributed by atoms with van der Waals surface area (Å²) in [5.41, 5.74) is 0.148. The van der Waals surface area contributed by atoms with Crippen LogP contribution < -0.4 is 0 Å². The minimum absolute atomic E-state index is 0.105. The molecular weight excluding hydrogens is 322 g/mol. The van der Waals surface area contributed by atoms with Crippen molar-refractivity contribution in [2.45, 2.75) is 51.9 Å². The van der Waals surface area contributed by atoms with Crippen LogP contribution >= 0.6 is 0 Å². The Labute approximate surface area is 151 Å². The third-order valence-electron chi connectivity index (χ3n) is 4.15. The van der Waals surface area contributed by atoms with E-state index in [2.05, 4.69) is 18.4 Å². The highest BCUT2D eigenvalue weighted by Gasteiger charge is 2.15. The van der Waals surface area contributed by atoms with Gasteiger partial charge in [0.05, 0.1) is 26.2 Å². The van der Waals surface area contributed by atoms with Crippen LogP contribution in [0.15, 0.2) is 12.2 Å². The minimum Gasteiger partial charge on any atom is -0.465 e. The Bertz CT molecular complexity index is 405. The number of unbranched alkanes of at least 4 members (excludes halogenated alkanes) is 5. The number of rotatable bonds is 13. The Balaban J connectivity index is 2.02. The molecule has 6 nitrogen and oxygen atoms in total. The van der Waals surface area contributed by atoms with Crippen molar-refractivity contribution in [3.63, 3.8) is 0 Å². The van der Waals surface area contributed by atoms with Crippen molar-refractivity contribution in [1.82, 2.24) is 4.90 Å². The molecule has 0 amide bonds. The number of hydrogen-bond acceptors (Lipinski definition) is 6. The predicted molar refractivity (Wildman–Crippen MR) is 96.3 cm³/mol. The summed E-state index contributed by atoms with van der Waals surface area (Å²) in [5.74, 6) is -0.937. The Morgan fingerprint density at radius 2 is 1.68 bits per heavy atom. The highest BCUT2D eigenvalue weighted by molar-refractivity contribution is 5.93. The smallest absolute Gasteiger partial charge is 0.334 e. The molecule has 0 aliphatic carbocycles. The summed E-state index contributed by atoms with van der Waals surface area (Å²) in [4.78, 5) is 25.7. The van der Waals surface area contributed by atoms with Crippen molar-refractivity contribution in [2.24, 2.45) is 0 Å². The molecule has 0 atom stereocenters. The highest BCUT2D eigenvalue weighted by Crippen LogP contribution is 2.07. The minimum atomic E-state index is -0.523. The second-order valence-corrected chi connectivity index (χ2v) is 6.36. The molecule has 1 aliphatic heterocycles. The summed E-state index contributed by atoms with van der Waals surface area (Å²) in [5, 5.41) is 0. The zero-order valence-electron chi connectivity index (χ0n) is 15.6. The SMILES string of the molecule is C=C(CC(=O)OCCCCCCCC)C(=O)OCCN1CCOCC1. The topological polar surface area (TPSA) is 65.1 Å². The number of carbonyl (C=O) groups is 2. The molecule has 1 saturated heterocycles. The first-order chi connectivity index (χ1) is 12.1. The van der Waals surface area contributed by atoms with Gasteiger partial charge in [-0.2, -0.15) is 0 Å². The van der Waals surface area contributed by atoms with Gasteiger partial charge in [-0.3, -0.25) is 9.69 Å². The van der Waals surface area contributed by atoms with Crippen molar-refractivity contribution >= 4 is 11.9 Å². The second-order valence-electron chi connectivity index (χ2n) is 6.36. The lowest BCUT2D eigenvalue weighted by Gasteiger charge is -2.26. The van der Waals surface area contributed by atoms with Crippen molar-refractivity contribution in [3.05, 3.63) is 12.2 Å². The van der Waals surface area contributed by atoms with Gasteiger partial charge in [0.15, 0.2) is 0 Å². The maximum atomic E-state index is 11.8. The molecule has 1 aliphatic rings. The fourth-order valence-electron chi connectivity index (χ4n) is 2.56. The van der Waals surface area contributed by atoms with Crippen LogP contribution in [0.25, 0.3) is 0 Å². The van der Waals surface area contributed by atoms with Crippen LogP contribution in [0.3, 0.4) is 0 Å². The average molecular weight is 355 g/mol.